The molecule has 6 rings (SSSR count). The molecule has 0 saturated carbocycles. The quantitative estimate of drug-likeness (QED) is 0.0127. The first-order valence-electron chi connectivity index (χ1n) is 27.2. The Hall–Kier alpha value is -8.77. The highest BCUT2D eigenvalue weighted by molar-refractivity contribution is 5.93. The lowest BCUT2D eigenvalue weighted by atomic mass is 9.86. The minimum Gasteiger partial charge on any atom is -0.458 e. The van der Waals surface area contributed by atoms with E-state index in [4.69, 9.17) is 33.2 Å². The van der Waals surface area contributed by atoms with Crippen LogP contribution in [0.2, 0.25) is 0 Å². The summed E-state index contributed by atoms with van der Waals surface area (Å²) in [6, 6.07) is 37.2. The third-order valence-corrected chi connectivity index (χ3v) is 13.0. The number of aryl methyl sites for hydroxylation is 1. The summed E-state index contributed by atoms with van der Waals surface area (Å²) in [6.45, 7) is 31.5. The number of unbranched alkanes of at least 4 members (excludes halogenated alkanes) is 5. The second kappa shape index (κ2) is 28.4. The molecule has 0 atom stereocenters. The van der Waals surface area contributed by atoms with E-state index >= 15 is 0 Å². The molecule has 0 unspecified atom stereocenters. The Labute approximate surface area is 477 Å². The molecular formula is C69H74O12. The monoisotopic (exact) mass is 1090 g/mol. The van der Waals surface area contributed by atoms with Gasteiger partial charge >= 0.3 is 29.8 Å². The molecule has 0 aliphatic heterocycles. The number of benzene rings is 6. The van der Waals surface area contributed by atoms with Gasteiger partial charge in [0, 0.05) is 29.5 Å². The number of ether oxygens (including phenoxy) is 7. The lowest BCUT2D eigenvalue weighted by Gasteiger charge is -2.23. The molecule has 0 amide bonds. The Morgan fingerprint density at radius 1 is 0.383 bits per heavy atom. The first-order valence-corrected chi connectivity index (χ1v) is 27.2. The largest absolute Gasteiger partial charge is 0.458 e. The predicted molar refractivity (Wildman–Crippen MR) is 317 cm³/mol. The minimum atomic E-state index is -0.595. The summed E-state index contributed by atoms with van der Waals surface area (Å²) >= 11 is 0. The van der Waals surface area contributed by atoms with Gasteiger partial charge in [-0.15, -0.1) is 6.58 Å². The normalized spacial score (nSPS) is 11.2. The van der Waals surface area contributed by atoms with E-state index in [0.29, 0.717) is 75.7 Å². The van der Waals surface area contributed by atoms with E-state index in [-0.39, 0.29) is 35.9 Å². The first-order chi connectivity index (χ1) is 38.4. The van der Waals surface area contributed by atoms with Gasteiger partial charge in [0.05, 0.1) is 16.7 Å². The van der Waals surface area contributed by atoms with Crippen LogP contribution >= 0.6 is 0 Å². The first kappa shape index (κ1) is 61.4. The van der Waals surface area contributed by atoms with Gasteiger partial charge in [0.15, 0.2) is 0 Å². The molecular weight excluding hydrogens is 1020 g/mol. The maximum Gasteiger partial charge on any atom is 0.343 e. The van der Waals surface area contributed by atoms with Gasteiger partial charge in [0.2, 0.25) is 0 Å². The van der Waals surface area contributed by atoms with Gasteiger partial charge in [-0.1, -0.05) is 105 Å². The van der Waals surface area contributed by atoms with Crippen molar-refractivity contribution < 1.29 is 57.1 Å². The molecule has 0 bridgehead atoms. The third-order valence-electron chi connectivity index (χ3n) is 13.0. The summed E-state index contributed by atoms with van der Waals surface area (Å²) in [5, 5.41) is 0. The third kappa shape index (κ3) is 19.2. The van der Waals surface area contributed by atoms with Crippen LogP contribution < -0.4 is 33.2 Å². The number of carbonyl (C=O) groups is 5. The fourth-order valence-electron chi connectivity index (χ4n) is 8.21. The van der Waals surface area contributed by atoms with Crippen molar-refractivity contribution >= 4 is 35.6 Å². The molecule has 0 saturated heterocycles. The maximum absolute atomic E-state index is 13.3. The zero-order valence-corrected chi connectivity index (χ0v) is 48.0. The molecule has 12 heteroatoms. The van der Waals surface area contributed by atoms with E-state index in [9.17, 15) is 24.0 Å². The Bertz CT molecular complexity index is 3240. The van der Waals surface area contributed by atoms with Gasteiger partial charge in [0.1, 0.15) is 51.8 Å². The van der Waals surface area contributed by atoms with Crippen molar-refractivity contribution in [3.8, 4) is 40.2 Å². The zero-order chi connectivity index (χ0) is 58.9. The summed E-state index contributed by atoms with van der Waals surface area (Å²) in [7, 11) is 0. The molecule has 81 heavy (non-hydrogen) atoms. The van der Waals surface area contributed by atoms with Crippen LogP contribution in [0.1, 0.15) is 167 Å². The number of hydrogen-bond donors (Lipinski definition) is 0. The van der Waals surface area contributed by atoms with Gasteiger partial charge in [-0.3, -0.25) is 9.59 Å². The number of esters is 5. The predicted octanol–water partition coefficient (Wildman–Crippen LogP) is 16.6. The van der Waals surface area contributed by atoms with Crippen LogP contribution in [0.4, 0.5) is 0 Å². The molecule has 0 aromatic heterocycles. The highest BCUT2D eigenvalue weighted by Crippen LogP contribution is 2.38. The van der Waals surface area contributed by atoms with Crippen LogP contribution in [0.15, 0.2) is 177 Å². The maximum atomic E-state index is 13.3. The van der Waals surface area contributed by atoms with E-state index in [2.05, 4.69) is 26.3 Å². The van der Waals surface area contributed by atoms with E-state index in [0.717, 1.165) is 66.4 Å². The van der Waals surface area contributed by atoms with Gasteiger partial charge in [0.25, 0.3) is 0 Å². The molecule has 6 aromatic rings. The molecule has 422 valence electrons. The molecule has 0 aliphatic carbocycles. The zero-order valence-electron chi connectivity index (χ0n) is 48.0. The van der Waals surface area contributed by atoms with Gasteiger partial charge < -0.3 is 33.2 Å². The molecule has 0 aliphatic rings. The van der Waals surface area contributed by atoms with Crippen LogP contribution in [0, 0.1) is 0 Å². The second-order valence-electron chi connectivity index (χ2n) is 22.1. The smallest absolute Gasteiger partial charge is 0.343 e. The topological polar surface area (TPSA) is 150 Å². The van der Waals surface area contributed by atoms with Crippen molar-refractivity contribution in [1.29, 1.82) is 0 Å². The van der Waals surface area contributed by atoms with Crippen LogP contribution in [0.3, 0.4) is 0 Å². The lowest BCUT2D eigenvalue weighted by molar-refractivity contribution is -0.135. The summed E-state index contributed by atoms with van der Waals surface area (Å²) in [5.41, 5.74) is 5.24. The van der Waals surface area contributed by atoms with E-state index in [1.807, 2.05) is 85.7 Å². The molecule has 6 aromatic carbocycles. The van der Waals surface area contributed by atoms with Crippen molar-refractivity contribution in [2.45, 2.75) is 130 Å². The minimum absolute atomic E-state index is 0.232. The van der Waals surface area contributed by atoms with Gasteiger partial charge in [-0.05, 0) is 183 Å². The summed E-state index contributed by atoms with van der Waals surface area (Å²) in [5.74, 6) is 1.33. The highest BCUT2D eigenvalue weighted by atomic mass is 16.6. The SMILES string of the molecule is C=C(C)CCc1ccc(C(=O)Oc2ccc(OC(=O)c3ccc(OC(=O)CCCCCCCCC(=O)Oc4ccc(C(=O)Oc5ccc(OC(=C)c6ccc(OC(=C)C(=C)C)cc6)cc5C(C)(C)C)cc4)cc3)c(C(C)(C)C)c2)cc1. The van der Waals surface area contributed by atoms with Crippen LogP contribution in [0.25, 0.3) is 5.76 Å². The van der Waals surface area contributed by atoms with Crippen molar-refractivity contribution in [3.05, 3.63) is 216 Å². The highest BCUT2D eigenvalue weighted by Gasteiger charge is 2.25. The molecule has 0 fully saturated rings. The Morgan fingerprint density at radius 2 is 0.741 bits per heavy atom. The summed E-state index contributed by atoms with van der Waals surface area (Å²) in [6.07, 6.45) is 6.89. The average molecular weight is 1100 g/mol. The fraction of sp³-hybridized carbons (Fsp3) is 0.290. The molecule has 0 spiro atoms. The van der Waals surface area contributed by atoms with Gasteiger partial charge in [-0.2, -0.15) is 0 Å². The van der Waals surface area contributed by atoms with Gasteiger partial charge in [-0.25, -0.2) is 14.4 Å². The second-order valence-corrected chi connectivity index (χ2v) is 22.1. The van der Waals surface area contributed by atoms with E-state index in [1.165, 1.54) is 12.1 Å². The molecule has 12 nitrogen and oxygen atoms in total. The Balaban J connectivity index is 0.860. The number of allylic oxidation sites excluding steroid dienone is 2. The Kier molecular flexibility index (Phi) is 21.5. The van der Waals surface area contributed by atoms with Crippen LogP contribution in [0.5, 0.6) is 40.2 Å². The van der Waals surface area contributed by atoms with Crippen molar-refractivity contribution in [2.75, 3.05) is 0 Å². The summed E-state index contributed by atoms with van der Waals surface area (Å²) in [4.78, 5) is 64.9. The summed E-state index contributed by atoms with van der Waals surface area (Å²) < 4.78 is 40.3. The van der Waals surface area contributed by atoms with E-state index in [1.54, 1.807) is 91.0 Å². The Morgan fingerprint density at radius 3 is 1.15 bits per heavy atom. The van der Waals surface area contributed by atoms with Crippen LogP contribution in [-0.4, -0.2) is 29.8 Å². The lowest BCUT2D eigenvalue weighted by Crippen LogP contribution is -2.17. The average Bonchev–Trinajstić information content (AvgIpc) is 3.44. The molecule has 0 N–H and O–H groups in total. The van der Waals surface area contributed by atoms with Crippen molar-refractivity contribution in [1.82, 2.24) is 0 Å². The number of hydrogen-bond acceptors (Lipinski definition) is 12. The number of carbonyl (C=O) groups excluding carboxylic acids is 5. The molecule has 0 heterocycles. The van der Waals surface area contributed by atoms with Crippen LogP contribution in [-0.2, 0) is 26.8 Å². The fourth-order valence-corrected chi connectivity index (χ4v) is 8.21. The molecule has 0 radical (unpaired) electrons. The standard InChI is InChI=1S/C69H74O12/c1-45(2)21-22-49-23-25-51(26-24-49)65(72)79-58-40-42-62(60(44-58)69(10,11)12)81-67(74)53-31-37-56(38-32-53)78-64(71)20-18-16-14-13-15-17-19-63(70)77-55-35-29-52(30-36-55)66(73)80-61-41-39-57(43-59(61)68(7,8)9)76-48(6)50-27-33-54(34-28-50)75-47(5)46(3)4/h23-44H,1,3,5-6,13-22H2,2,4,7-12H3. The van der Waals surface area contributed by atoms with Crippen molar-refractivity contribution in [2.24, 2.45) is 0 Å². The van der Waals surface area contributed by atoms with Crippen molar-refractivity contribution in [3.63, 3.8) is 0 Å². The van der Waals surface area contributed by atoms with E-state index < -0.39 is 28.7 Å². The number of rotatable bonds is 26.